The molecule has 0 radical (unpaired) electrons. The molecule has 0 saturated carbocycles. The molecule has 0 atom stereocenters. The molecule has 0 aliphatic carbocycles. The minimum Gasteiger partial charge on any atom is -0.478 e. The summed E-state index contributed by atoms with van der Waals surface area (Å²) in [7, 11) is 0. The molecule has 0 aromatic carbocycles. The van der Waals surface area contributed by atoms with E-state index < -0.39 is 11.4 Å². The maximum Gasteiger partial charge on any atom is 0.339 e. The summed E-state index contributed by atoms with van der Waals surface area (Å²) in [5, 5.41) is 27.9. The number of aliphatic hydroxyl groups excluding tert-OH is 2. The van der Waals surface area contributed by atoms with Crippen LogP contribution in [-0.2, 0) is 0 Å². The summed E-state index contributed by atoms with van der Waals surface area (Å²) in [6, 6.07) is 3.42. The van der Waals surface area contributed by atoms with Gasteiger partial charge in [0.2, 0.25) is 0 Å². The molecule has 27 heavy (non-hydrogen) atoms. The number of nitrogens with one attached hydrogen (secondary N) is 1. The second-order valence-corrected chi connectivity index (χ2v) is 7.69. The number of aliphatic hydroxyl groups is 2. The van der Waals surface area contributed by atoms with Gasteiger partial charge in [-0.3, -0.25) is 4.79 Å². The second-order valence-electron chi connectivity index (χ2n) is 6.60. The van der Waals surface area contributed by atoms with Crippen molar-refractivity contribution in [1.29, 1.82) is 0 Å². The van der Waals surface area contributed by atoms with E-state index in [-0.39, 0.29) is 30.2 Å². The molecule has 140 valence electrons. The van der Waals surface area contributed by atoms with Gasteiger partial charge in [-0.1, -0.05) is 0 Å². The highest BCUT2D eigenvalue weighted by molar-refractivity contribution is 7.17. The number of hydrogen-bond donors (Lipinski definition) is 4. The largest absolute Gasteiger partial charge is 0.478 e. The second kappa shape index (κ2) is 6.41. The number of H-pyrrole nitrogens is 1. The quantitative estimate of drug-likeness (QED) is 0.507. The number of rotatable bonds is 5. The van der Waals surface area contributed by atoms with Crippen LogP contribution >= 0.6 is 11.3 Å². The number of carboxylic acid groups (broad SMARTS) is 1. The molecule has 1 aliphatic rings. The Morgan fingerprint density at radius 3 is 2.67 bits per heavy atom. The molecule has 4 rings (SSSR count). The van der Waals surface area contributed by atoms with Gasteiger partial charge in [0.05, 0.1) is 40.3 Å². The van der Waals surface area contributed by atoms with Crippen molar-refractivity contribution < 1.29 is 24.9 Å². The Hall–Kier alpha value is -2.82. The number of thiophene rings is 1. The van der Waals surface area contributed by atoms with Crippen LogP contribution in [0.1, 0.15) is 20.0 Å². The van der Waals surface area contributed by atoms with Crippen molar-refractivity contribution in [1.82, 2.24) is 19.9 Å². The molecule has 1 saturated heterocycles. The molecule has 0 spiro atoms. The number of aromatic carboxylic acids is 1. The van der Waals surface area contributed by atoms with Crippen LogP contribution in [-0.4, -0.2) is 73.4 Å². The average molecular weight is 388 g/mol. The molecule has 3 aromatic heterocycles. The lowest BCUT2D eigenvalue weighted by atomic mass is 9.81. The van der Waals surface area contributed by atoms with Gasteiger partial charge in [0.25, 0.3) is 5.91 Å². The van der Waals surface area contributed by atoms with Crippen molar-refractivity contribution in [3.05, 3.63) is 35.0 Å². The minimum atomic E-state index is -1.09. The molecule has 3 aromatic rings. The highest BCUT2D eigenvalue weighted by Gasteiger charge is 2.44. The van der Waals surface area contributed by atoms with Crippen molar-refractivity contribution in [3.8, 4) is 10.6 Å². The Bertz CT molecular complexity index is 1030. The first-order valence-electron chi connectivity index (χ1n) is 8.15. The summed E-state index contributed by atoms with van der Waals surface area (Å²) >= 11 is 1.24. The molecule has 10 heteroatoms. The van der Waals surface area contributed by atoms with Gasteiger partial charge in [0.15, 0.2) is 5.65 Å². The van der Waals surface area contributed by atoms with E-state index in [9.17, 15) is 24.9 Å². The first kappa shape index (κ1) is 17.6. The Kier molecular flexibility index (Phi) is 4.17. The van der Waals surface area contributed by atoms with Gasteiger partial charge in [-0.2, -0.15) is 0 Å². The lowest BCUT2D eigenvalue weighted by Crippen LogP contribution is -2.61. The first-order valence-corrected chi connectivity index (χ1v) is 8.97. The van der Waals surface area contributed by atoms with Crippen molar-refractivity contribution >= 4 is 34.4 Å². The van der Waals surface area contributed by atoms with Crippen LogP contribution in [0, 0.1) is 5.41 Å². The van der Waals surface area contributed by atoms with Crippen LogP contribution in [0.5, 0.6) is 0 Å². The van der Waals surface area contributed by atoms with Crippen molar-refractivity contribution in [3.63, 3.8) is 0 Å². The Labute approximate surface area is 156 Å². The zero-order chi connectivity index (χ0) is 19.2. The van der Waals surface area contributed by atoms with Gasteiger partial charge in [0, 0.05) is 19.3 Å². The van der Waals surface area contributed by atoms with Crippen molar-refractivity contribution in [2.45, 2.75) is 0 Å². The van der Waals surface area contributed by atoms with Crippen molar-refractivity contribution in [2.24, 2.45) is 5.41 Å². The lowest BCUT2D eigenvalue weighted by molar-refractivity contribution is -0.0587. The maximum atomic E-state index is 12.6. The van der Waals surface area contributed by atoms with E-state index in [4.69, 9.17) is 0 Å². The monoisotopic (exact) mass is 388 g/mol. The van der Waals surface area contributed by atoms with Gasteiger partial charge < -0.3 is 25.2 Å². The predicted molar refractivity (Wildman–Crippen MR) is 96.7 cm³/mol. The Morgan fingerprint density at radius 1 is 1.26 bits per heavy atom. The van der Waals surface area contributed by atoms with Crippen LogP contribution in [0.15, 0.2) is 24.5 Å². The summed E-state index contributed by atoms with van der Waals surface area (Å²) in [6.07, 6.45) is 2.87. The number of amides is 1. The highest BCUT2D eigenvalue weighted by atomic mass is 32.1. The van der Waals surface area contributed by atoms with Crippen LogP contribution in [0.3, 0.4) is 0 Å². The number of carbonyl (C=O) groups is 2. The smallest absolute Gasteiger partial charge is 0.339 e. The zero-order valence-corrected chi connectivity index (χ0v) is 14.9. The third-order valence-corrected chi connectivity index (χ3v) is 5.79. The van der Waals surface area contributed by atoms with Crippen LogP contribution in [0.2, 0.25) is 0 Å². The molecular weight excluding hydrogens is 372 g/mol. The van der Waals surface area contributed by atoms with E-state index in [0.29, 0.717) is 34.2 Å². The SMILES string of the molecule is O=C(O)c1c[nH]c2ncc(-c3ccc(C(=O)N4CC(CO)(CO)C4)s3)nc12. The zero-order valence-electron chi connectivity index (χ0n) is 14.0. The predicted octanol–water partition coefficient (Wildman–Crippen LogP) is 0.811. The topological polar surface area (TPSA) is 140 Å². The highest BCUT2D eigenvalue weighted by Crippen LogP contribution is 2.34. The molecule has 4 N–H and O–H groups in total. The molecule has 1 amide bonds. The van der Waals surface area contributed by atoms with E-state index in [0.717, 1.165) is 0 Å². The number of hydrogen-bond acceptors (Lipinski definition) is 7. The van der Waals surface area contributed by atoms with E-state index in [2.05, 4.69) is 15.0 Å². The molecular formula is C17H16N4O5S. The van der Waals surface area contributed by atoms with Gasteiger partial charge in [0.1, 0.15) is 11.1 Å². The molecule has 0 unspecified atom stereocenters. The van der Waals surface area contributed by atoms with E-state index in [1.54, 1.807) is 17.0 Å². The standard InChI is InChI=1S/C17H16N4O5S/c22-7-17(8-23)5-21(6-17)15(24)12-2-1-11(27-12)10-4-19-14-13(20-10)9(3-18-14)16(25)26/h1-4,22-23H,5-8H2,(H,18,19)(H,25,26). The Balaban J connectivity index is 1.58. The molecule has 0 bridgehead atoms. The molecule has 9 nitrogen and oxygen atoms in total. The molecule has 4 heterocycles. The summed E-state index contributed by atoms with van der Waals surface area (Å²) in [6.45, 7) is 0.286. The van der Waals surface area contributed by atoms with E-state index in [1.165, 1.54) is 23.7 Å². The number of fused-ring (bicyclic) bond motifs is 1. The van der Waals surface area contributed by atoms with E-state index >= 15 is 0 Å². The number of carbonyl (C=O) groups excluding carboxylic acids is 1. The third-order valence-electron chi connectivity index (χ3n) is 4.69. The van der Waals surface area contributed by atoms with Crippen LogP contribution < -0.4 is 0 Å². The maximum absolute atomic E-state index is 12.6. The summed E-state index contributed by atoms with van der Waals surface area (Å²) in [4.78, 5) is 37.9. The average Bonchev–Trinajstić information content (AvgIpc) is 3.28. The van der Waals surface area contributed by atoms with Crippen LogP contribution in [0.25, 0.3) is 21.7 Å². The fraction of sp³-hybridized carbons (Fsp3) is 0.294. The van der Waals surface area contributed by atoms with Gasteiger partial charge in [-0.05, 0) is 12.1 Å². The minimum absolute atomic E-state index is 0.0390. The summed E-state index contributed by atoms with van der Waals surface area (Å²) in [5.41, 5.74) is 0.552. The van der Waals surface area contributed by atoms with Gasteiger partial charge in [-0.25, -0.2) is 14.8 Å². The number of aromatic amines is 1. The molecule has 1 fully saturated rings. The first-order chi connectivity index (χ1) is 13.0. The summed E-state index contributed by atoms with van der Waals surface area (Å²) in [5.74, 6) is -1.27. The normalized spacial score (nSPS) is 15.7. The third kappa shape index (κ3) is 2.87. The van der Waals surface area contributed by atoms with Crippen molar-refractivity contribution in [2.75, 3.05) is 26.3 Å². The number of aromatic nitrogens is 3. The fourth-order valence-corrected chi connectivity index (χ4v) is 4.00. The lowest BCUT2D eigenvalue weighted by Gasteiger charge is -2.47. The number of likely N-dealkylation sites (tertiary alicyclic amines) is 1. The van der Waals surface area contributed by atoms with Crippen LogP contribution in [0.4, 0.5) is 0 Å². The summed E-state index contributed by atoms with van der Waals surface area (Å²) < 4.78 is 0. The fourth-order valence-electron chi connectivity index (χ4n) is 3.08. The van der Waals surface area contributed by atoms with E-state index in [1.807, 2.05) is 0 Å². The molecule has 1 aliphatic heterocycles. The van der Waals surface area contributed by atoms with Gasteiger partial charge >= 0.3 is 5.97 Å². The number of nitrogens with zero attached hydrogens (tertiary/aromatic N) is 3. The van der Waals surface area contributed by atoms with Gasteiger partial charge in [-0.15, -0.1) is 11.3 Å². The Morgan fingerprint density at radius 2 is 2.00 bits per heavy atom. The number of carboxylic acids is 1.